The van der Waals surface area contributed by atoms with Crippen molar-refractivity contribution in [2.45, 2.75) is 41.0 Å². The second-order valence-electron chi connectivity index (χ2n) is 6.60. The molecule has 2 saturated heterocycles. The van der Waals surface area contributed by atoms with Gasteiger partial charge in [-0.15, -0.1) is 0 Å². The Labute approximate surface area is 185 Å². The number of ether oxygens (including phenoxy) is 3. The summed E-state index contributed by atoms with van der Waals surface area (Å²) in [6.45, 7) is 0.248. The molecule has 29 heavy (non-hydrogen) atoms. The Kier molecular flexibility index (Phi) is 6.68. The molecule has 0 amide bonds. The van der Waals surface area contributed by atoms with Gasteiger partial charge in [0, 0.05) is 19.8 Å². The number of halogens is 2. The van der Waals surface area contributed by atoms with Crippen molar-refractivity contribution in [3.63, 3.8) is 0 Å². The highest BCUT2D eigenvalue weighted by Crippen LogP contribution is 2.42. The Morgan fingerprint density at radius 2 is 2.00 bits per heavy atom. The maximum absolute atomic E-state index is 10.9. The summed E-state index contributed by atoms with van der Waals surface area (Å²) in [6.07, 6.45) is -2.82. The molecular weight excluding hydrogens is 482 g/mol. The van der Waals surface area contributed by atoms with E-state index >= 15 is 0 Å². The van der Waals surface area contributed by atoms with Crippen LogP contribution in [0, 0.1) is 0 Å². The van der Waals surface area contributed by atoms with Gasteiger partial charge in [-0.25, -0.2) is 0 Å². The number of hydrogen-bond acceptors (Lipinski definition) is 6. The van der Waals surface area contributed by atoms with Crippen LogP contribution in [0.4, 0.5) is 0 Å². The number of thioether (sulfide) groups is 1. The van der Waals surface area contributed by atoms with Gasteiger partial charge in [-0.3, -0.25) is 0 Å². The molecule has 0 spiro atoms. The van der Waals surface area contributed by atoms with Crippen LogP contribution in [0.5, 0.6) is 0 Å². The number of nitrogens with zero attached hydrogens (tertiary/aromatic N) is 3. The molecule has 0 aromatic heterocycles. The molecule has 2 aromatic carbocycles. The van der Waals surface area contributed by atoms with E-state index in [2.05, 4.69) is 26.0 Å². The second-order valence-corrected chi connectivity index (χ2v) is 9.06. The summed E-state index contributed by atoms with van der Waals surface area (Å²) < 4.78 is 18.8. The van der Waals surface area contributed by atoms with Crippen LogP contribution in [0.15, 0.2) is 63.0 Å². The SMILES string of the molecule is [N-]=[N+]=N[C@@H]1C(O)[C@@H](Sc2cc(Br)ccc2Cl)OC2COC(c3ccccc3)O[C@@H]21. The van der Waals surface area contributed by atoms with Gasteiger partial charge in [0.1, 0.15) is 23.7 Å². The molecule has 0 aliphatic carbocycles. The first-order valence-corrected chi connectivity index (χ1v) is 10.9. The van der Waals surface area contributed by atoms with Crippen LogP contribution in [0.3, 0.4) is 0 Å². The van der Waals surface area contributed by atoms with E-state index in [4.69, 9.17) is 31.3 Å². The molecule has 152 valence electrons. The first-order valence-electron chi connectivity index (χ1n) is 8.88. The minimum Gasteiger partial charge on any atom is -0.389 e. The van der Waals surface area contributed by atoms with Gasteiger partial charge in [-0.1, -0.05) is 74.7 Å². The third kappa shape index (κ3) is 4.57. The number of rotatable bonds is 4. The largest absolute Gasteiger partial charge is 0.389 e. The van der Waals surface area contributed by atoms with E-state index in [1.165, 1.54) is 11.8 Å². The highest BCUT2D eigenvalue weighted by atomic mass is 79.9. The lowest BCUT2D eigenvalue weighted by Gasteiger charge is -2.46. The topological polar surface area (TPSA) is 96.7 Å². The molecular formula is C19H17BrClN3O4S. The van der Waals surface area contributed by atoms with Crippen molar-refractivity contribution in [1.82, 2.24) is 0 Å². The molecule has 7 nitrogen and oxygen atoms in total. The van der Waals surface area contributed by atoms with E-state index in [0.717, 1.165) is 14.9 Å². The Morgan fingerprint density at radius 3 is 2.76 bits per heavy atom. The molecule has 10 heteroatoms. The number of azide groups is 1. The fourth-order valence-corrected chi connectivity index (χ4v) is 5.23. The number of aliphatic hydroxyl groups excluding tert-OH is 1. The standard InChI is InChI=1S/C19H17BrClN3O4S/c20-11-6-7-12(21)14(8-11)29-19-16(25)15(23-24-22)17-13(27-19)9-26-18(28-17)10-4-2-1-3-5-10/h1-8,13,15-19,25H,9H2/t13?,15-,16?,17+,18?,19-/m1/s1. The minimum atomic E-state index is -1.08. The van der Waals surface area contributed by atoms with Gasteiger partial charge in [-0.05, 0) is 23.7 Å². The zero-order valence-electron chi connectivity index (χ0n) is 15.0. The van der Waals surface area contributed by atoms with E-state index in [1.54, 1.807) is 6.07 Å². The molecule has 0 bridgehead atoms. The summed E-state index contributed by atoms with van der Waals surface area (Å²) in [5, 5.41) is 15.3. The molecule has 6 atom stereocenters. The van der Waals surface area contributed by atoms with Crippen molar-refractivity contribution in [1.29, 1.82) is 0 Å². The fraction of sp³-hybridized carbons (Fsp3) is 0.368. The summed E-state index contributed by atoms with van der Waals surface area (Å²) in [7, 11) is 0. The summed E-state index contributed by atoms with van der Waals surface area (Å²) >= 11 is 11.0. The van der Waals surface area contributed by atoms with Crippen molar-refractivity contribution in [3.05, 3.63) is 74.0 Å². The van der Waals surface area contributed by atoms with E-state index < -0.39 is 36.1 Å². The summed E-state index contributed by atoms with van der Waals surface area (Å²) in [4.78, 5) is 3.66. The van der Waals surface area contributed by atoms with Crippen LogP contribution in [-0.2, 0) is 14.2 Å². The van der Waals surface area contributed by atoms with Crippen LogP contribution < -0.4 is 0 Å². The van der Waals surface area contributed by atoms with Crippen molar-refractivity contribution in [2.24, 2.45) is 5.11 Å². The maximum Gasteiger partial charge on any atom is 0.184 e. The maximum atomic E-state index is 10.9. The lowest BCUT2D eigenvalue weighted by atomic mass is 9.97. The monoisotopic (exact) mass is 497 g/mol. The smallest absolute Gasteiger partial charge is 0.184 e. The number of benzene rings is 2. The Bertz CT molecular complexity index is 918. The molecule has 0 saturated carbocycles. The van der Waals surface area contributed by atoms with E-state index in [1.807, 2.05) is 42.5 Å². The van der Waals surface area contributed by atoms with Crippen molar-refractivity contribution < 1.29 is 19.3 Å². The summed E-state index contributed by atoms with van der Waals surface area (Å²) in [5.41, 5.74) is 9.20. The van der Waals surface area contributed by atoms with Gasteiger partial charge in [0.2, 0.25) is 0 Å². The highest BCUT2D eigenvalue weighted by molar-refractivity contribution is 9.10. The first-order chi connectivity index (χ1) is 14.1. The van der Waals surface area contributed by atoms with E-state index in [0.29, 0.717) is 5.02 Å². The van der Waals surface area contributed by atoms with Gasteiger partial charge in [0.15, 0.2) is 6.29 Å². The lowest BCUT2D eigenvalue weighted by molar-refractivity contribution is -0.297. The second kappa shape index (κ2) is 9.24. The van der Waals surface area contributed by atoms with E-state index in [-0.39, 0.29) is 6.61 Å². The van der Waals surface area contributed by atoms with Gasteiger partial charge in [0.25, 0.3) is 0 Å². The molecule has 2 fully saturated rings. The Balaban J connectivity index is 1.56. The fourth-order valence-electron chi connectivity index (χ4n) is 3.34. The van der Waals surface area contributed by atoms with Crippen molar-refractivity contribution in [3.8, 4) is 0 Å². The van der Waals surface area contributed by atoms with E-state index in [9.17, 15) is 5.11 Å². The number of aliphatic hydroxyl groups is 1. The van der Waals surface area contributed by atoms with Crippen LogP contribution >= 0.6 is 39.3 Å². The molecule has 0 radical (unpaired) electrons. The average Bonchev–Trinajstić information content (AvgIpc) is 2.74. The van der Waals surface area contributed by atoms with Gasteiger partial charge in [0.05, 0.1) is 17.7 Å². The normalized spacial score (nSPS) is 31.6. The predicted octanol–water partition coefficient (Wildman–Crippen LogP) is 5.07. The van der Waals surface area contributed by atoms with Crippen LogP contribution in [-0.4, -0.2) is 41.5 Å². The Morgan fingerprint density at radius 1 is 1.21 bits per heavy atom. The van der Waals surface area contributed by atoms with Gasteiger partial charge >= 0.3 is 0 Å². The molecule has 3 unspecified atom stereocenters. The molecule has 4 rings (SSSR count). The minimum absolute atomic E-state index is 0.248. The van der Waals surface area contributed by atoms with Crippen LogP contribution in [0.2, 0.25) is 5.02 Å². The van der Waals surface area contributed by atoms with Crippen LogP contribution in [0.25, 0.3) is 10.4 Å². The van der Waals surface area contributed by atoms with Crippen molar-refractivity contribution in [2.75, 3.05) is 6.61 Å². The molecule has 2 aromatic rings. The highest BCUT2D eigenvalue weighted by Gasteiger charge is 2.49. The van der Waals surface area contributed by atoms with Gasteiger partial charge < -0.3 is 19.3 Å². The third-order valence-electron chi connectivity index (χ3n) is 4.73. The number of hydrogen-bond donors (Lipinski definition) is 1. The van der Waals surface area contributed by atoms with Crippen molar-refractivity contribution >= 4 is 39.3 Å². The summed E-state index contributed by atoms with van der Waals surface area (Å²) in [5.74, 6) is 0. The lowest BCUT2D eigenvalue weighted by Crippen LogP contribution is -2.60. The van der Waals surface area contributed by atoms with Gasteiger partial charge in [-0.2, -0.15) is 0 Å². The number of fused-ring (bicyclic) bond motifs is 1. The zero-order valence-corrected chi connectivity index (χ0v) is 18.1. The molecule has 2 heterocycles. The Hall–Kier alpha value is -1.29. The summed E-state index contributed by atoms with van der Waals surface area (Å²) in [6, 6.07) is 14.1. The molecule has 2 aliphatic rings. The first kappa shape index (κ1) is 21.0. The quantitative estimate of drug-likeness (QED) is 0.360. The average molecular weight is 499 g/mol. The zero-order chi connectivity index (χ0) is 20.4. The molecule has 1 N–H and O–H groups in total. The van der Waals surface area contributed by atoms with Crippen LogP contribution in [0.1, 0.15) is 11.9 Å². The molecule has 2 aliphatic heterocycles. The third-order valence-corrected chi connectivity index (χ3v) is 6.88. The predicted molar refractivity (Wildman–Crippen MR) is 113 cm³/mol.